The van der Waals surface area contributed by atoms with Gasteiger partial charge in [-0.05, 0) is 29.8 Å². The number of halogens is 1. The van der Waals surface area contributed by atoms with Gasteiger partial charge in [0.25, 0.3) is 0 Å². The van der Waals surface area contributed by atoms with Crippen molar-refractivity contribution in [2.45, 2.75) is 6.04 Å². The van der Waals surface area contributed by atoms with Gasteiger partial charge in [0.15, 0.2) is 5.22 Å². The maximum absolute atomic E-state index is 5.96. The zero-order valence-electron chi connectivity index (χ0n) is 9.39. The zero-order chi connectivity index (χ0) is 12.5. The van der Waals surface area contributed by atoms with E-state index in [1.807, 2.05) is 30.3 Å². The Bertz CT molecular complexity index is 641. The van der Waals surface area contributed by atoms with Crippen molar-refractivity contribution in [1.82, 2.24) is 5.43 Å². The number of nitrogens with one attached hydrogen (secondary N) is 1. The number of rotatable bonds is 3. The van der Waals surface area contributed by atoms with Gasteiger partial charge in [-0.3, -0.25) is 5.84 Å². The second-order valence-corrected chi connectivity index (χ2v) is 4.28. The molecule has 0 aliphatic carbocycles. The molecule has 0 radical (unpaired) electrons. The molecule has 3 N–H and O–H groups in total. The molecule has 1 aromatic carbocycles. The fourth-order valence-electron chi connectivity index (χ4n) is 1.98. The first kappa shape index (κ1) is 11.3. The highest BCUT2D eigenvalue weighted by Crippen LogP contribution is 2.31. The Morgan fingerprint density at radius 3 is 2.72 bits per heavy atom. The summed E-state index contributed by atoms with van der Waals surface area (Å²) < 4.78 is 10.8. The van der Waals surface area contributed by atoms with E-state index in [0.29, 0.717) is 11.0 Å². The van der Waals surface area contributed by atoms with Crippen molar-refractivity contribution in [3.8, 4) is 0 Å². The van der Waals surface area contributed by atoms with Crippen molar-refractivity contribution in [3.63, 3.8) is 0 Å². The van der Waals surface area contributed by atoms with Gasteiger partial charge in [-0.2, -0.15) is 0 Å². The Hall–Kier alpha value is -1.75. The molecule has 18 heavy (non-hydrogen) atoms. The summed E-state index contributed by atoms with van der Waals surface area (Å²) in [6.07, 6.45) is 1.52. The van der Waals surface area contributed by atoms with Crippen molar-refractivity contribution in [1.29, 1.82) is 0 Å². The van der Waals surface area contributed by atoms with Crippen LogP contribution in [0.1, 0.15) is 17.4 Å². The Morgan fingerprint density at radius 1 is 1.22 bits per heavy atom. The molecule has 0 aliphatic rings. The summed E-state index contributed by atoms with van der Waals surface area (Å²) in [4.78, 5) is 0. The fraction of sp³-hybridized carbons (Fsp3) is 0.0769. The lowest BCUT2D eigenvalue weighted by Crippen LogP contribution is -2.28. The van der Waals surface area contributed by atoms with E-state index in [0.717, 1.165) is 16.5 Å². The summed E-state index contributed by atoms with van der Waals surface area (Å²) in [6, 6.07) is 11.1. The number of furan rings is 2. The lowest BCUT2D eigenvalue weighted by Gasteiger charge is -2.11. The van der Waals surface area contributed by atoms with Crippen molar-refractivity contribution in [2.75, 3.05) is 0 Å². The summed E-state index contributed by atoms with van der Waals surface area (Å²) in [6.45, 7) is 0. The second-order valence-electron chi connectivity index (χ2n) is 3.94. The smallest absolute Gasteiger partial charge is 0.198 e. The lowest BCUT2D eigenvalue weighted by atomic mass is 10.1. The second kappa shape index (κ2) is 4.49. The lowest BCUT2D eigenvalue weighted by molar-refractivity contribution is 0.472. The van der Waals surface area contributed by atoms with Crippen LogP contribution in [0.2, 0.25) is 5.22 Å². The monoisotopic (exact) mass is 262 g/mol. The minimum absolute atomic E-state index is 0.304. The van der Waals surface area contributed by atoms with Crippen LogP contribution in [0.3, 0.4) is 0 Å². The van der Waals surface area contributed by atoms with Gasteiger partial charge in [-0.15, -0.1) is 0 Å². The third-order valence-electron chi connectivity index (χ3n) is 2.85. The predicted molar refractivity (Wildman–Crippen MR) is 69.1 cm³/mol. The van der Waals surface area contributed by atoms with E-state index in [1.165, 1.54) is 6.26 Å². The number of hydrazine groups is 1. The molecule has 0 saturated carbocycles. The molecule has 0 spiro atoms. The van der Waals surface area contributed by atoms with Crippen LogP contribution in [0.25, 0.3) is 11.0 Å². The molecule has 92 valence electrons. The van der Waals surface area contributed by atoms with E-state index in [1.54, 1.807) is 6.07 Å². The molecule has 0 saturated heterocycles. The van der Waals surface area contributed by atoms with Gasteiger partial charge in [0, 0.05) is 10.9 Å². The molecule has 3 rings (SSSR count). The summed E-state index contributed by atoms with van der Waals surface area (Å²) >= 11 is 5.96. The third-order valence-corrected chi connectivity index (χ3v) is 3.16. The predicted octanol–water partition coefficient (Wildman–Crippen LogP) is 3.23. The summed E-state index contributed by atoms with van der Waals surface area (Å²) in [5.74, 6) is 6.27. The van der Waals surface area contributed by atoms with Gasteiger partial charge in [0.2, 0.25) is 0 Å². The molecule has 1 unspecified atom stereocenters. The molecule has 0 aliphatic heterocycles. The molecule has 0 fully saturated rings. The highest BCUT2D eigenvalue weighted by Gasteiger charge is 2.21. The standard InChI is InChI=1S/C13H11ClN2O2/c14-13-9(5-6-17-13)12(16-15)11-7-8-3-1-2-4-10(8)18-11/h1-7,12,16H,15H2. The first-order valence-electron chi connectivity index (χ1n) is 5.47. The van der Waals surface area contributed by atoms with Gasteiger partial charge in [0.05, 0.1) is 6.26 Å². The van der Waals surface area contributed by atoms with E-state index >= 15 is 0 Å². The third kappa shape index (κ3) is 1.80. The topological polar surface area (TPSA) is 64.3 Å². The van der Waals surface area contributed by atoms with Crippen LogP contribution in [0.15, 0.2) is 51.5 Å². The van der Waals surface area contributed by atoms with Crippen LogP contribution in [0.5, 0.6) is 0 Å². The van der Waals surface area contributed by atoms with Crippen LogP contribution in [0, 0.1) is 0 Å². The Kier molecular flexibility index (Phi) is 2.83. The van der Waals surface area contributed by atoms with Gasteiger partial charge in [0.1, 0.15) is 17.4 Å². The average Bonchev–Trinajstić information content (AvgIpc) is 2.97. The highest BCUT2D eigenvalue weighted by atomic mass is 35.5. The maximum Gasteiger partial charge on any atom is 0.198 e. The Labute approximate surface area is 108 Å². The quantitative estimate of drug-likeness (QED) is 0.562. The normalized spacial score (nSPS) is 13.0. The van der Waals surface area contributed by atoms with E-state index in [-0.39, 0.29) is 6.04 Å². The first-order chi connectivity index (χ1) is 8.79. The highest BCUT2D eigenvalue weighted by molar-refractivity contribution is 6.29. The zero-order valence-corrected chi connectivity index (χ0v) is 10.1. The van der Waals surface area contributed by atoms with Crippen LogP contribution < -0.4 is 11.3 Å². The molecular formula is C13H11ClN2O2. The van der Waals surface area contributed by atoms with Crippen LogP contribution in [0.4, 0.5) is 0 Å². The van der Waals surface area contributed by atoms with Crippen molar-refractivity contribution in [3.05, 3.63) is 59.2 Å². The van der Waals surface area contributed by atoms with E-state index in [2.05, 4.69) is 5.43 Å². The van der Waals surface area contributed by atoms with Crippen molar-refractivity contribution in [2.24, 2.45) is 5.84 Å². The number of hydrogen-bond acceptors (Lipinski definition) is 4. The number of nitrogens with two attached hydrogens (primary N) is 1. The van der Waals surface area contributed by atoms with Crippen molar-refractivity contribution < 1.29 is 8.83 Å². The molecule has 0 bridgehead atoms. The minimum atomic E-state index is -0.330. The maximum atomic E-state index is 5.96. The fourth-order valence-corrected chi connectivity index (χ4v) is 2.20. The summed E-state index contributed by atoms with van der Waals surface area (Å²) in [7, 11) is 0. The van der Waals surface area contributed by atoms with Gasteiger partial charge in [-0.1, -0.05) is 18.2 Å². The number of hydrogen-bond donors (Lipinski definition) is 2. The van der Waals surface area contributed by atoms with Crippen LogP contribution in [-0.4, -0.2) is 0 Å². The van der Waals surface area contributed by atoms with Gasteiger partial charge >= 0.3 is 0 Å². The average molecular weight is 263 g/mol. The molecule has 0 amide bonds. The first-order valence-corrected chi connectivity index (χ1v) is 5.85. The molecule has 4 nitrogen and oxygen atoms in total. The molecule has 5 heteroatoms. The largest absolute Gasteiger partial charge is 0.459 e. The SMILES string of the molecule is NNC(c1cc2ccccc2o1)c1ccoc1Cl. The molecule has 3 aromatic rings. The Balaban J connectivity index is 2.09. The van der Waals surface area contributed by atoms with Gasteiger partial charge < -0.3 is 8.83 Å². The summed E-state index contributed by atoms with van der Waals surface area (Å²) in [5.41, 5.74) is 4.25. The number of fused-ring (bicyclic) bond motifs is 1. The molecule has 2 aromatic heterocycles. The van der Waals surface area contributed by atoms with Crippen molar-refractivity contribution >= 4 is 22.6 Å². The van der Waals surface area contributed by atoms with Crippen LogP contribution >= 0.6 is 11.6 Å². The van der Waals surface area contributed by atoms with E-state index in [9.17, 15) is 0 Å². The van der Waals surface area contributed by atoms with Gasteiger partial charge in [-0.25, -0.2) is 5.43 Å². The van der Waals surface area contributed by atoms with E-state index in [4.69, 9.17) is 26.3 Å². The molecular weight excluding hydrogens is 252 g/mol. The van der Waals surface area contributed by atoms with E-state index < -0.39 is 0 Å². The Morgan fingerprint density at radius 2 is 2.06 bits per heavy atom. The van der Waals surface area contributed by atoms with Crippen LogP contribution in [-0.2, 0) is 0 Å². The summed E-state index contributed by atoms with van der Waals surface area (Å²) in [5, 5.41) is 1.32. The molecule has 1 atom stereocenters. The number of benzene rings is 1. The molecule has 2 heterocycles. The minimum Gasteiger partial charge on any atom is -0.459 e. The number of para-hydroxylation sites is 1.